The second-order valence-electron chi connectivity index (χ2n) is 4.06. The summed E-state index contributed by atoms with van der Waals surface area (Å²) in [5, 5.41) is 2.27. The lowest BCUT2D eigenvalue weighted by atomic mass is 10.1. The van der Waals surface area contributed by atoms with E-state index in [2.05, 4.69) is 5.32 Å². The van der Waals surface area contributed by atoms with E-state index in [1.165, 1.54) is 30.5 Å². The van der Waals surface area contributed by atoms with Crippen molar-refractivity contribution in [2.75, 3.05) is 5.32 Å². The molecule has 0 fully saturated rings. The average molecular weight is 268 g/mol. The fourth-order valence-electron chi connectivity index (χ4n) is 1.67. The average Bonchev–Trinajstić information content (AvgIpc) is 2.75. The Labute approximate surface area is 107 Å². The van der Waals surface area contributed by atoms with E-state index in [0.717, 1.165) is 6.07 Å². The zero-order valence-corrected chi connectivity index (χ0v) is 10.0. The number of para-hydroxylation sites is 1. The van der Waals surface area contributed by atoms with E-state index >= 15 is 0 Å². The van der Waals surface area contributed by atoms with Gasteiger partial charge in [-0.05, 0) is 18.2 Å². The Morgan fingerprint density at radius 2 is 1.89 bits per heavy atom. The zero-order valence-electron chi connectivity index (χ0n) is 10.0. The van der Waals surface area contributed by atoms with E-state index < -0.39 is 17.6 Å². The summed E-state index contributed by atoms with van der Waals surface area (Å²) in [6, 6.07) is 6.41. The van der Waals surface area contributed by atoms with Crippen LogP contribution in [0.1, 0.15) is 15.9 Å². The lowest BCUT2D eigenvalue weighted by Gasteiger charge is -2.13. The number of alkyl halides is 3. The van der Waals surface area contributed by atoms with E-state index in [0.29, 0.717) is 5.56 Å². The standard InChI is InChI=1S/C13H11F3N2O/c1-18-7-6-9(8-18)12(19)17-11-5-3-2-4-10(11)13(14,15)16/h2-8H,1H3,(H,17,19). The molecule has 0 atom stereocenters. The number of halogens is 3. The number of hydrogen-bond acceptors (Lipinski definition) is 1. The largest absolute Gasteiger partial charge is 0.418 e. The van der Waals surface area contributed by atoms with Crippen LogP contribution in [0.25, 0.3) is 0 Å². The summed E-state index contributed by atoms with van der Waals surface area (Å²) in [4.78, 5) is 11.8. The normalized spacial score (nSPS) is 11.4. The van der Waals surface area contributed by atoms with Gasteiger partial charge in [0.2, 0.25) is 0 Å². The van der Waals surface area contributed by atoms with Crippen LogP contribution in [0.2, 0.25) is 0 Å². The molecule has 0 aliphatic rings. The van der Waals surface area contributed by atoms with Crippen LogP contribution in [0.4, 0.5) is 18.9 Å². The number of nitrogens with zero attached hydrogens (tertiary/aromatic N) is 1. The molecular weight excluding hydrogens is 257 g/mol. The highest BCUT2D eigenvalue weighted by Gasteiger charge is 2.33. The van der Waals surface area contributed by atoms with Gasteiger partial charge in [-0.1, -0.05) is 12.1 Å². The number of aromatic nitrogens is 1. The summed E-state index contributed by atoms with van der Waals surface area (Å²) in [5.74, 6) is -0.572. The molecule has 2 rings (SSSR count). The highest BCUT2D eigenvalue weighted by atomic mass is 19.4. The molecular formula is C13H11F3N2O. The maximum Gasteiger partial charge on any atom is 0.418 e. The summed E-state index contributed by atoms with van der Waals surface area (Å²) in [5.41, 5.74) is -0.803. The molecule has 0 saturated heterocycles. The van der Waals surface area contributed by atoms with E-state index in [1.807, 2.05) is 0 Å². The van der Waals surface area contributed by atoms with Gasteiger partial charge < -0.3 is 9.88 Å². The quantitative estimate of drug-likeness (QED) is 0.890. The van der Waals surface area contributed by atoms with Crippen molar-refractivity contribution in [2.24, 2.45) is 7.05 Å². The number of anilines is 1. The first-order valence-electron chi connectivity index (χ1n) is 5.47. The van der Waals surface area contributed by atoms with Gasteiger partial charge in [-0.3, -0.25) is 4.79 Å². The minimum absolute atomic E-state index is 0.246. The van der Waals surface area contributed by atoms with Crippen LogP contribution >= 0.6 is 0 Å². The minimum Gasteiger partial charge on any atom is -0.356 e. The van der Waals surface area contributed by atoms with Crippen molar-refractivity contribution in [3.63, 3.8) is 0 Å². The first-order valence-corrected chi connectivity index (χ1v) is 5.47. The second-order valence-corrected chi connectivity index (χ2v) is 4.06. The monoisotopic (exact) mass is 268 g/mol. The number of benzene rings is 1. The second kappa shape index (κ2) is 4.79. The predicted octanol–water partition coefficient (Wildman–Crippen LogP) is 3.30. The van der Waals surface area contributed by atoms with Crippen molar-refractivity contribution in [3.8, 4) is 0 Å². The molecule has 0 saturated carbocycles. The predicted molar refractivity (Wildman–Crippen MR) is 64.8 cm³/mol. The van der Waals surface area contributed by atoms with Gasteiger partial charge in [-0.15, -0.1) is 0 Å². The van der Waals surface area contributed by atoms with Gasteiger partial charge >= 0.3 is 6.18 Å². The van der Waals surface area contributed by atoms with Crippen LogP contribution in [0.15, 0.2) is 42.7 Å². The number of aryl methyl sites for hydroxylation is 1. The third-order valence-corrected chi connectivity index (χ3v) is 2.57. The molecule has 19 heavy (non-hydrogen) atoms. The third-order valence-electron chi connectivity index (χ3n) is 2.57. The van der Waals surface area contributed by atoms with Gasteiger partial charge in [0.25, 0.3) is 5.91 Å². The molecule has 0 radical (unpaired) electrons. The van der Waals surface area contributed by atoms with Gasteiger partial charge in [-0.25, -0.2) is 0 Å². The SMILES string of the molecule is Cn1ccc(C(=O)Nc2ccccc2C(F)(F)F)c1. The van der Waals surface area contributed by atoms with Crippen molar-refractivity contribution in [2.45, 2.75) is 6.18 Å². The first-order chi connectivity index (χ1) is 8.88. The third kappa shape index (κ3) is 2.96. The molecule has 1 amide bonds. The van der Waals surface area contributed by atoms with Crippen molar-refractivity contribution >= 4 is 11.6 Å². The van der Waals surface area contributed by atoms with Gasteiger partial charge in [0, 0.05) is 19.4 Å². The number of carbonyl (C=O) groups is 1. The first kappa shape index (κ1) is 13.2. The van der Waals surface area contributed by atoms with Crippen molar-refractivity contribution in [3.05, 3.63) is 53.9 Å². The summed E-state index contributed by atoms with van der Waals surface area (Å²) < 4.78 is 39.9. The summed E-state index contributed by atoms with van der Waals surface area (Å²) >= 11 is 0. The Balaban J connectivity index is 2.27. The fourth-order valence-corrected chi connectivity index (χ4v) is 1.67. The van der Waals surface area contributed by atoms with Crippen molar-refractivity contribution in [1.82, 2.24) is 4.57 Å². The van der Waals surface area contributed by atoms with Crippen LogP contribution in [-0.4, -0.2) is 10.5 Å². The molecule has 100 valence electrons. The van der Waals surface area contributed by atoms with Crippen LogP contribution in [0, 0.1) is 0 Å². The number of carbonyl (C=O) groups excluding carboxylic acids is 1. The molecule has 1 heterocycles. The molecule has 6 heteroatoms. The van der Waals surface area contributed by atoms with E-state index in [-0.39, 0.29) is 5.69 Å². The maximum atomic E-state index is 12.7. The van der Waals surface area contributed by atoms with Crippen LogP contribution in [0.5, 0.6) is 0 Å². The molecule has 3 nitrogen and oxygen atoms in total. The van der Waals surface area contributed by atoms with Gasteiger partial charge in [0.05, 0.1) is 16.8 Å². The van der Waals surface area contributed by atoms with Crippen LogP contribution in [0.3, 0.4) is 0 Å². The molecule has 2 aromatic rings. The fraction of sp³-hybridized carbons (Fsp3) is 0.154. The lowest BCUT2D eigenvalue weighted by molar-refractivity contribution is -0.136. The van der Waals surface area contributed by atoms with Crippen LogP contribution < -0.4 is 5.32 Å². The molecule has 1 N–H and O–H groups in total. The number of nitrogens with one attached hydrogen (secondary N) is 1. The van der Waals surface area contributed by atoms with Gasteiger partial charge in [-0.2, -0.15) is 13.2 Å². The zero-order chi connectivity index (χ0) is 14.0. The molecule has 0 aliphatic heterocycles. The molecule has 0 unspecified atom stereocenters. The molecule has 0 aliphatic carbocycles. The molecule has 1 aromatic heterocycles. The smallest absolute Gasteiger partial charge is 0.356 e. The van der Waals surface area contributed by atoms with Crippen molar-refractivity contribution in [1.29, 1.82) is 0 Å². The Kier molecular flexibility index (Phi) is 3.33. The molecule has 1 aromatic carbocycles. The maximum absolute atomic E-state index is 12.7. The minimum atomic E-state index is -4.50. The lowest BCUT2D eigenvalue weighted by Crippen LogP contribution is -2.16. The van der Waals surface area contributed by atoms with E-state index in [4.69, 9.17) is 0 Å². The van der Waals surface area contributed by atoms with Crippen LogP contribution in [-0.2, 0) is 13.2 Å². The highest BCUT2D eigenvalue weighted by molar-refractivity contribution is 6.04. The van der Waals surface area contributed by atoms with E-state index in [9.17, 15) is 18.0 Å². The number of rotatable bonds is 2. The van der Waals surface area contributed by atoms with E-state index in [1.54, 1.807) is 17.8 Å². The molecule has 0 spiro atoms. The molecule has 0 bridgehead atoms. The van der Waals surface area contributed by atoms with Gasteiger partial charge in [0.15, 0.2) is 0 Å². The van der Waals surface area contributed by atoms with Crippen molar-refractivity contribution < 1.29 is 18.0 Å². The summed E-state index contributed by atoms with van der Waals surface area (Å²) in [6.45, 7) is 0. The Morgan fingerprint density at radius 1 is 1.21 bits per heavy atom. The summed E-state index contributed by atoms with van der Waals surface area (Å²) in [6.07, 6.45) is -1.32. The number of amides is 1. The Hall–Kier alpha value is -2.24. The van der Waals surface area contributed by atoms with Gasteiger partial charge in [0.1, 0.15) is 0 Å². The number of hydrogen-bond donors (Lipinski definition) is 1. The highest BCUT2D eigenvalue weighted by Crippen LogP contribution is 2.34. The Morgan fingerprint density at radius 3 is 2.47 bits per heavy atom. The topological polar surface area (TPSA) is 34.0 Å². The summed E-state index contributed by atoms with van der Waals surface area (Å²) in [7, 11) is 1.72. The Bertz CT molecular complexity index is 602.